The van der Waals surface area contributed by atoms with E-state index in [0.717, 1.165) is 12.0 Å². The van der Waals surface area contributed by atoms with Gasteiger partial charge in [-0.2, -0.15) is 4.31 Å². The van der Waals surface area contributed by atoms with Gasteiger partial charge in [-0.25, -0.2) is 8.42 Å². The molecule has 28 heavy (non-hydrogen) atoms. The zero-order chi connectivity index (χ0) is 20.1. The molecule has 1 aliphatic heterocycles. The predicted molar refractivity (Wildman–Crippen MR) is 109 cm³/mol. The van der Waals surface area contributed by atoms with E-state index in [1.165, 1.54) is 11.2 Å². The van der Waals surface area contributed by atoms with Crippen molar-refractivity contribution in [2.45, 2.75) is 38.1 Å². The van der Waals surface area contributed by atoms with Gasteiger partial charge in [-0.15, -0.1) is 0 Å². The molecule has 1 saturated heterocycles. The lowest BCUT2D eigenvalue weighted by Gasteiger charge is -2.38. The maximum absolute atomic E-state index is 13.0. The number of carbonyl (C=O) groups is 1. The van der Waals surface area contributed by atoms with Gasteiger partial charge in [0.2, 0.25) is 15.9 Å². The zero-order valence-corrected chi connectivity index (χ0v) is 17.4. The van der Waals surface area contributed by atoms with Crippen LogP contribution in [-0.4, -0.2) is 47.6 Å². The summed E-state index contributed by atoms with van der Waals surface area (Å²) in [7, 11) is -3.53. The molecule has 1 aromatic heterocycles. The molecule has 0 bridgehead atoms. The zero-order valence-electron chi connectivity index (χ0n) is 15.8. The number of piperidine rings is 1. The molecule has 150 valence electrons. The average molecular weight is 422 g/mol. The molecular weight excluding hydrogens is 398 g/mol. The van der Waals surface area contributed by atoms with Gasteiger partial charge in [0, 0.05) is 50.0 Å². The quantitative estimate of drug-likeness (QED) is 0.718. The molecule has 0 N–H and O–H groups in total. The number of sulfonamides is 1. The standard InChI is InChI=1S/C20H24ClN3O3S/c1-16(25)24(13-17-6-4-10-22-12-17)19-8-5-11-23(14-19)28(26,27)15-18-7-2-3-9-20(18)21/h2-4,6-7,9-10,12,19H,5,8,11,13-15H2,1H3. The Morgan fingerprint density at radius 1 is 1.29 bits per heavy atom. The number of aromatic nitrogens is 1. The maximum Gasteiger partial charge on any atom is 0.220 e. The lowest BCUT2D eigenvalue weighted by molar-refractivity contribution is -0.132. The fraction of sp³-hybridized carbons (Fsp3) is 0.400. The van der Waals surface area contributed by atoms with E-state index in [-0.39, 0.29) is 17.7 Å². The lowest BCUT2D eigenvalue weighted by atomic mass is 10.0. The Bertz CT molecular complexity index is 921. The first kappa shape index (κ1) is 20.8. The van der Waals surface area contributed by atoms with Crippen molar-refractivity contribution in [3.8, 4) is 0 Å². The highest BCUT2D eigenvalue weighted by Gasteiger charge is 2.33. The number of rotatable bonds is 6. The summed E-state index contributed by atoms with van der Waals surface area (Å²) in [6.45, 7) is 2.70. The molecule has 1 atom stereocenters. The Hall–Kier alpha value is -1.96. The van der Waals surface area contributed by atoms with Crippen LogP contribution in [0.15, 0.2) is 48.8 Å². The van der Waals surface area contributed by atoms with E-state index in [0.29, 0.717) is 36.6 Å². The molecular formula is C20H24ClN3O3S. The molecule has 1 unspecified atom stereocenters. The number of nitrogens with zero attached hydrogens (tertiary/aromatic N) is 3. The third-order valence-electron chi connectivity index (χ3n) is 4.97. The number of carbonyl (C=O) groups excluding carboxylic acids is 1. The lowest BCUT2D eigenvalue weighted by Crippen LogP contribution is -2.51. The summed E-state index contributed by atoms with van der Waals surface area (Å²) in [5, 5.41) is 0.446. The second kappa shape index (κ2) is 9.03. The van der Waals surface area contributed by atoms with Crippen molar-refractivity contribution >= 4 is 27.5 Å². The first-order valence-corrected chi connectivity index (χ1v) is 11.2. The van der Waals surface area contributed by atoms with Crippen LogP contribution in [0, 0.1) is 0 Å². The van der Waals surface area contributed by atoms with E-state index < -0.39 is 10.0 Å². The van der Waals surface area contributed by atoms with Crippen LogP contribution in [0.3, 0.4) is 0 Å². The number of benzene rings is 1. The van der Waals surface area contributed by atoms with E-state index >= 15 is 0 Å². The summed E-state index contributed by atoms with van der Waals surface area (Å²) < 4.78 is 27.4. The second-order valence-corrected chi connectivity index (χ2v) is 9.39. The molecule has 2 aromatic rings. The third kappa shape index (κ3) is 5.10. The smallest absolute Gasteiger partial charge is 0.220 e. The minimum atomic E-state index is -3.53. The number of hydrogen-bond acceptors (Lipinski definition) is 4. The predicted octanol–water partition coefficient (Wildman–Crippen LogP) is 3.08. The van der Waals surface area contributed by atoms with Crippen LogP contribution in [0.2, 0.25) is 5.02 Å². The largest absolute Gasteiger partial charge is 0.334 e. The minimum Gasteiger partial charge on any atom is -0.334 e. The summed E-state index contributed by atoms with van der Waals surface area (Å²) in [6.07, 6.45) is 4.90. The monoisotopic (exact) mass is 421 g/mol. The first-order chi connectivity index (χ1) is 13.4. The Labute approximate surface area is 171 Å². The fourth-order valence-corrected chi connectivity index (χ4v) is 5.43. The van der Waals surface area contributed by atoms with Gasteiger partial charge in [-0.05, 0) is 36.1 Å². The summed E-state index contributed by atoms with van der Waals surface area (Å²) in [4.78, 5) is 18.1. The number of pyridine rings is 1. The fourth-order valence-electron chi connectivity index (χ4n) is 3.52. The van der Waals surface area contributed by atoms with Crippen LogP contribution < -0.4 is 0 Å². The van der Waals surface area contributed by atoms with E-state index in [9.17, 15) is 13.2 Å². The van der Waals surface area contributed by atoms with Crippen LogP contribution in [-0.2, 0) is 27.1 Å². The molecule has 1 fully saturated rings. The molecule has 0 spiro atoms. The molecule has 0 saturated carbocycles. The summed E-state index contributed by atoms with van der Waals surface area (Å²) in [6, 6.07) is 10.6. The van der Waals surface area contributed by atoms with E-state index in [2.05, 4.69) is 4.98 Å². The summed E-state index contributed by atoms with van der Waals surface area (Å²) in [5.74, 6) is -0.207. The van der Waals surface area contributed by atoms with E-state index in [4.69, 9.17) is 11.6 Å². The van der Waals surface area contributed by atoms with Gasteiger partial charge < -0.3 is 4.90 Å². The van der Waals surface area contributed by atoms with Crippen molar-refractivity contribution in [3.05, 3.63) is 64.9 Å². The topological polar surface area (TPSA) is 70.6 Å². The van der Waals surface area contributed by atoms with Crippen molar-refractivity contribution in [2.24, 2.45) is 0 Å². The number of hydrogen-bond donors (Lipinski definition) is 0. The van der Waals surface area contributed by atoms with Crippen molar-refractivity contribution in [3.63, 3.8) is 0 Å². The van der Waals surface area contributed by atoms with Crippen molar-refractivity contribution < 1.29 is 13.2 Å². The summed E-state index contributed by atoms with van der Waals surface area (Å²) in [5.41, 5.74) is 1.51. The number of halogens is 1. The summed E-state index contributed by atoms with van der Waals surface area (Å²) >= 11 is 6.14. The van der Waals surface area contributed by atoms with Gasteiger partial charge in [0.1, 0.15) is 0 Å². The van der Waals surface area contributed by atoms with Crippen molar-refractivity contribution in [1.82, 2.24) is 14.2 Å². The third-order valence-corrected chi connectivity index (χ3v) is 7.13. The molecule has 1 aromatic carbocycles. The van der Waals surface area contributed by atoms with Crippen LogP contribution in [0.25, 0.3) is 0 Å². The second-order valence-electron chi connectivity index (χ2n) is 7.01. The molecule has 8 heteroatoms. The normalized spacial score (nSPS) is 18.0. The van der Waals surface area contributed by atoms with Gasteiger partial charge >= 0.3 is 0 Å². The minimum absolute atomic E-state index is 0.0702. The SMILES string of the molecule is CC(=O)N(Cc1cccnc1)C1CCCN(S(=O)(=O)Cc2ccccc2Cl)C1. The highest BCUT2D eigenvalue weighted by atomic mass is 35.5. The Morgan fingerprint density at radius 3 is 2.75 bits per heavy atom. The molecule has 0 radical (unpaired) electrons. The Balaban J connectivity index is 1.74. The van der Waals surface area contributed by atoms with Crippen molar-refractivity contribution in [1.29, 1.82) is 0 Å². The van der Waals surface area contributed by atoms with Crippen molar-refractivity contribution in [2.75, 3.05) is 13.1 Å². The van der Waals surface area contributed by atoms with Crippen LogP contribution in [0.1, 0.15) is 30.9 Å². The molecule has 6 nitrogen and oxygen atoms in total. The van der Waals surface area contributed by atoms with E-state index in [1.807, 2.05) is 12.1 Å². The first-order valence-electron chi connectivity index (χ1n) is 9.24. The van der Waals surface area contributed by atoms with Crippen LogP contribution in [0.4, 0.5) is 0 Å². The van der Waals surface area contributed by atoms with E-state index in [1.54, 1.807) is 41.6 Å². The Kier molecular flexibility index (Phi) is 6.69. The van der Waals surface area contributed by atoms with Gasteiger partial charge in [0.05, 0.1) is 5.75 Å². The highest BCUT2D eigenvalue weighted by molar-refractivity contribution is 7.88. The van der Waals surface area contributed by atoms with Crippen LogP contribution in [0.5, 0.6) is 0 Å². The number of amides is 1. The average Bonchev–Trinajstić information content (AvgIpc) is 2.68. The molecule has 3 rings (SSSR count). The van der Waals surface area contributed by atoms with Crippen LogP contribution >= 0.6 is 11.6 Å². The van der Waals surface area contributed by atoms with Gasteiger partial charge in [0.15, 0.2) is 0 Å². The molecule has 1 amide bonds. The molecule has 1 aliphatic rings. The van der Waals surface area contributed by atoms with Gasteiger partial charge in [0.25, 0.3) is 0 Å². The highest BCUT2D eigenvalue weighted by Crippen LogP contribution is 2.24. The molecule has 0 aliphatic carbocycles. The Morgan fingerprint density at radius 2 is 2.07 bits per heavy atom. The van der Waals surface area contributed by atoms with Gasteiger partial charge in [-0.1, -0.05) is 35.9 Å². The maximum atomic E-state index is 13.0. The van der Waals surface area contributed by atoms with Gasteiger partial charge in [-0.3, -0.25) is 9.78 Å². The molecule has 2 heterocycles.